The summed E-state index contributed by atoms with van der Waals surface area (Å²) in [5, 5.41) is 13.5. The van der Waals surface area contributed by atoms with Gasteiger partial charge in [0, 0.05) is 11.1 Å². The fraction of sp³-hybridized carbons (Fsp3) is 0.0741. The Morgan fingerprint density at radius 2 is 1.72 bits per heavy atom. The monoisotopic (exact) mass is 479 g/mol. The topological polar surface area (TPSA) is 129 Å². The Bertz CT molecular complexity index is 1460. The van der Waals surface area contributed by atoms with Crippen LogP contribution >= 0.6 is 0 Å². The summed E-state index contributed by atoms with van der Waals surface area (Å²) < 4.78 is 10.7. The summed E-state index contributed by atoms with van der Waals surface area (Å²) in [6, 6.07) is 26.8. The molecule has 9 heteroatoms. The first-order valence-electron chi connectivity index (χ1n) is 10.9. The quantitative estimate of drug-likeness (QED) is 0.222. The molecule has 0 aliphatic carbocycles. The maximum absolute atomic E-state index is 12.3. The molecule has 2 N–H and O–H groups in total. The molecule has 3 aromatic carbocycles. The zero-order chi connectivity index (χ0) is 25.3. The van der Waals surface area contributed by atoms with Crippen LogP contribution in [0.3, 0.4) is 0 Å². The number of hydrogen-bond donors (Lipinski definition) is 2. The van der Waals surface area contributed by atoms with E-state index >= 15 is 0 Å². The van der Waals surface area contributed by atoms with Gasteiger partial charge in [-0.05, 0) is 29.8 Å². The number of aromatic amines is 1. The van der Waals surface area contributed by atoms with E-state index < -0.39 is 17.6 Å². The van der Waals surface area contributed by atoms with E-state index in [1.54, 1.807) is 60.7 Å². The van der Waals surface area contributed by atoms with Crippen molar-refractivity contribution in [1.82, 2.24) is 9.97 Å². The van der Waals surface area contributed by atoms with Gasteiger partial charge in [0.2, 0.25) is 12.1 Å². The first-order valence-corrected chi connectivity index (χ1v) is 10.9. The molecule has 0 bridgehead atoms. The Morgan fingerprint density at radius 3 is 2.36 bits per heavy atom. The zero-order valence-electron chi connectivity index (χ0n) is 19.2. The third kappa shape index (κ3) is 5.63. The van der Waals surface area contributed by atoms with Crippen LogP contribution in [0, 0.1) is 11.3 Å². The van der Waals surface area contributed by atoms with Crippen molar-refractivity contribution in [3.8, 4) is 23.1 Å². The van der Waals surface area contributed by atoms with Gasteiger partial charge in [0.15, 0.2) is 0 Å². The average Bonchev–Trinajstić information content (AvgIpc) is 2.93. The molecule has 0 fully saturated rings. The number of methoxy groups -OCH3 is 1. The molecular weight excluding hydrogens is 458 g/mol. The third-order valence-corrected chi connectivity index (χ3v) is 5.11. The summed E-state index contributed by atoms with van der Waals surface area (Å²) in [6.45, 7) is 0. The molecule has 1 heterocycles. The average molecular weight is 479 g/mol. The number of nitrogens with zero attached hydrogens (tertiary/aromatic N) is 3. The highest BCUT2D eigenvalue weighted by Crippen LogP contribution is 2.23. The SMILES string of the molecule is COC(=O)C(Oc1ccc(C=NNc2nc(-c3ccccc3)c(C#N)c(=O)[nH]2)cc1)c1ccccc1. The van der Waals surface area contributed by atoms with Gasteiger partial charge in [-0.15, -0.1) is 0 Å². The van der Waals surface area contributed by atoms with Gasteiger partial charge in [0.05, 0.1) is 19.0 Å². The fourth-order valence-electron chi connectivity index (χ4n) is 3.36. The van der Waals surface area contributed by atoms with Crippen molar-refractivity contribution in [1.29, 1.82) is 5.26 Å². The molecule has 0 spiro atoms. The molecule has 0 radical (unpaired) electrons. The second-order valence-corrected chi connectivity index (χ2v) is 7.49. The first kappa shape index (κ1) is 23.9. The molecule has 178 valence electrons. The number of benzene rings is 3. The number of rotatable bonds is 8. The van der Waals surface area contributed by atoms with Gasteiger partial charge in [0.25, 0.3) is 5.56 Å². The summed E-state index contributed by atoms with van der Waals surface area (Å²) in [6.07, 6.45) is 0.634. The van der Waals surface area contributed by atoms with Crippen LogP contribution in [-0.4, -0.2) is 29.3 Å². The lowest BCUT2D eigenvalue weighted by atomic mass is 10.1. The van der Waals surface area contributed by atoms with Gasteiger partial charge >= 0.3 is 5.97 Å². The van der Waals surface area contributed by atoms with Crippen molar-refractivity contribution in [2.24, 2.45) is 5.10 Å². The number of nitriles is 1. The van der Waals surface area contributed by atoms with E-state index in [4.69, 9.17) is 9.47 Å². The van der Waals surface area contributed by atoms with E-state index in [1.165, 1.54) is 13.3 Å². The minimum Gasteiger partial charge on any atom is -0.474 e. The van der Waals surface area contributed by atoms with E-state index in [9.17, 15) is 14.9 Å². The number of carbonyl (C=O) groups is 1. The lowest BCUT2D eigenvalue weighted by Gasteiger charge is -2.17. The fourth-order valence-corrected chi connectivity index (χ4v) is 3.36. The van der Waals surface area contributed by atoms with Crippen molar-refractivity contribution in [2.45, 2.75) is 6.10 Å². The number of ether oxygens (including phenoxy) is 2. The van der Waals surface area contributed by atoms with Gasteiger partial charge in [-0.3, -0.25) is 9.78 Å². The summed E-state index contributed by atoms with van der Waals surface area (Å²) >= 11 is 0. The van der Waals surface area contributed by atoms with Crippen molar-refractivity contribution < 1.29 is 14.3 Å². The number of aromatic nitrogens is 2. The maximum atomic E-state index is 12.3. The molecule has 9 nitrogen and oxygen atoms in total. The minimum atomic E-state index is -0.893. The summed E-state index contributed by atoms with van der Waals surface area (Å²) in [4.78, 5) is 31.4. The van der Waals surface area contributed by atoms with Crippen LogP contribution in [-0.2, 0) is 9.53 Å². The number of hydrogen-bond acceptors (Lipinski definition) is 8. The lowest BCUT2D eigenvalue weighted by Crippen LogP contribution is -2.20. The van der Waals surface area contributed by atoms with Gasteiger partial charge in [-0.1, -0.05) is 60.7 Å². The van der Waals surface area contributed by atoms with Crippen LogP contribution in [0.4, 0.5) is 5.95 Å². The Morgan fingerprint density at radius 1 is 1.06 bits per heavy atom. The van der Waals surface area contributed by atoms with Gasteiger partial charge < -0.3 is 9.47 Å². The van der Waals surface area contributed by atoms with E-state index in [1.807, 2.05) is 30.3 Å². The van der Waals surface area contributed by atoms with Crippen molar-refractivity contribution >= 4 is 18.1 Å². The lowest BCUT2D eigenvalue weighted by molar-refractivity contribution is -0.149. The number of H-pyrrole nitrogens is 1. The van der Waals surface area contributed by atoms with Crippen LogP contribution in [0.15, 0.2) is 94.8 Å². The van der Waals surface area contributed by atoms with E-state index in [0.29, 0.717) is 16.9 Å². The van der Waals surface area contributed by atoms with Crippen molar-refractivity contribution in [2.75, 3.05) is 12.5 Å². The third-order valence-electron chi connectivity index (χ3n) is 5.11. The van der Waals surface area contributed by atoms with Crippen LogP contribution in [0.2, 0.25) is 0 Å². The second-order valence-electron chi connectivity index (χ2n) is 7.49. The molecule has 1 atom stereocenters. The second kappa shape index (κ2) is 11.3. The highest BCUT2D eigenvalue weighted by Gasteiger charge is 2.23. The van der Waals surface area contributed by atoms with E-state index in [-0.39, 0.29) is 17.2 Å². The molecule has 0 aliphatic rings. The Kier molecular flexibility index (Phi) is 7.48. The molecule has 0 aliphatic heterocycles. The van der Waals surface area contributed by atoms with Gasteiger partial charge in [-0.25, -0.2) is 15.2 Å². The molecule has 1 unspecified atom stereocenters. The van der Waals surface area contributed by atoms with E-state index in [2.05, 4.69) is 20.5 Å². The molecule has 0 saturated heterocycles. The number of esters is 1. The summed E-state index contributed by atoms with van der Waals surface area (Å²) in [5.41, 5.74) is 4.35. The number of anilines is 1. The number of nitrogens with one attached hydrogen (secondary N) is 2. The Hall–Kier alpha value is -5.23. The Labute approximate surface area is 206 Å². The predicted octanol–water partition coefficient (Wildman–Crippen LogP) is 4.05. The normalized spacial score (nSPS) is 11.4. The van der Waals surface area contributed by atoms with Gasteiger partial charge in [-0.2, -0.15) is 10.4 Å². The minimum absolute atomic E-state index is 0.0768. The predicted molar refractivity (Wildman–Crippen MR) is 134 cm³/mol. The molecule has 0 saturated carbocycles. The summed E-state index contributed by atoms with van der Waals surface area (Å²) in [5.74, 6) is 0.0672. The largest absolute Gasteiger partial charge is 0.474 e. The molecule has 36 heavy (non-hydrogen) atoms. The molecule has 4 rings (SSSR count). The van der Waals surface area contributed by atoms with Crippen molar-refractivity contribution in [3.63, 3.8) is 0 Å². The Balaban J connectivity index is 1.47. The maximum Gasteiger partial charge on any atom is 0.351 e. The standard InChI is InChI=1S/C27H21N5O4/c1-35-26(34)24(20-10-6-3-7-11-20)36-21-14-12-18(13-15-21)17-29-32-27-30-23(19-8-4-2-5-9-19)22(16-28)25(33)31-27/h2-15,17,24H,1H3,(H2,30,31,32,33). The number of carbonyl (C=O) groups excluding carboxylic acids is 1. The zero-order valence-corrected chi connectivity index (χ0v) is 19.2. The number of hydrazone groups is 1. The van der Waals surface area contributed by atoms with Gasteiger partial charge in [0.1, 0.15) is 17.4 Å². The smallest absolute Gasteiger partial charge is 0.351 e. The first-order chi connectivity index (χ1) is 17.6. The van der Waals surface area contributed by atoms with E-state index in [0.717, 1.165) is 5.56 Å². The van der Waals surface area contributed by atoms with Crippen LogP contribution < -0.4 is 15.7 Å². The molecular formula is C27H21N5O4. The molecule has 0 amide bonds. The summed E-state index contributed by atoms with van der Waals surface area (Å²) in [7, 11) is 1.31. The highest BCUT2D eigenvalue weighted by atomic mass is 16.6. The van der Waals surface area contributed by atoms with Crippen LogP contribution in [0.1, 0.15) is 22.8 Å². The highest BCUT2D eigenvalue weighted by molar-refractivity contribution is 5.80. The molecule has 1 aromatic heterocycles. The molecule has 4 aromatic rings. The van der Waals surface area contributed by atoms with Crippen LogP contribution in [0.5, 0.6) is 5.75 Å². The van der Waals surface area contributed by atoms with Crippen molar-refractivity contribution in [3.05, 3.63) is 112 Å². The van der Waals surface area contributed by atoms with Crippen LogP contribution in [0.25, 0.3) is 11.3 Å².